The Morgan fingerprint density at radius 3 is 2.93 bits per heavy atom. The Labute approximate surface area is 161 Å². The normalized spacial score (nSPS) is 17.6. The van der Waals surface area contributed by atoms with E-state index < -0.39 is 0 Å². The average Bonchev–Trinajstić information content (AvgIpc) is 3.15. The van der Waals surface area contributed by atoms with Crippen LogP contribution < -0.4 is 10.6 Å². The third-order valence-corrected chi connectivity index (χ3v) is 4.96. The lowest BCUT2D eigenvalue weighted by Crippen LogP contribution is -2.45. The van der Waals surface area contributed by atoms with Gasteiger partial charge in [0, 0.05) is 50.2 Å². The van der Waals surface area contributed by atoms with E-state index in [0.29, 0.717) is 0 Å². The van der Waals surface area contributed by atoms with Crippen LogP contribution >= 0.6 is 0 Å². The standard InChI is InChI=1S/C21H29N5O/c1-15(2)20(27)26-13-10-18(14-26)25-21(22-3)24-12-9-17-7-4-6-16-8-5-11-23-19(16)17/h4-8,11,15,18H,9-10,12-14H2,1-3H3,(H2,22,24,25). The monoisotopic (exact) mass is 367 g/mol. The highest BCUT2D eigenvalue weighted by atomic mass is 16.2. The van der Waals surface area contributed by atoms with Crippen LogP contribution in [0.15, 0.2) is 41.5 Å². The summed E-state index contributed by atoms with van der Waals surface area (Å²) in [5.74, 6) is 1.06. The van der Waals surface area contributed by atoms with Gasteiger partial charge in [0.25, 0.3) is 0 Å². The second-order valence-electron chi connectivity index (χ2n) is 7.31. The number of pyridine rings is 1. The molecule has 2 N–H and O–H groups in total. The molecular formula is C21H29N5O. The van der Waals surface area contributed by atoms with Crippen LogP contribution in [0.1, 0.15) is 25.8 Å². The number of aliphatic imine (C=N–C) groups is 1. The second kappa shape index (κ2) is 8.84. The van der Waals surface area contributed by atoms with Crippen molar-refractivity contribution in [3.8, 4) is 0 Å². The average molecular weight is 367 g/mol. The minimum absolute atomic E-state index is 0.0514. The van der Waals surface area contributed by atoms with Gasteiger partial charge in [-0.05, 0) is 24.5 Å². The number of hydrogen-bond acceptors (Lipinski definition) is 3. The first-order chi connectivity index (χ1) is 13.1. The number of benzene rings is 1. The van der Waals surface area contributed by atoms with Gasteiger partial charge in [-0.3, -0.25) is 14.8 Å². The van der Waals surface area contributed by atoms with Crippen LogP contribution in [0.2, 0.25) is 0 Å². The molecule has 0 spiro atoms. The van der Waals surface area contributed by atoms with Gasteiger partial charge in [-0.25, -0.2) is 0 Å². The van der Waals surface area contributed by atoms with Crippen LogP contribution in [0.5, 0.6) is 0 Å². The van der Waals surface area contributed by atoms with Crippen molar-refractivity contribution in [1.82, 2.24) is 20.5 Å². The summed E-state index contributed by atoms with van der Waals surface area (Å²) in [7, 11) is 1.78. The molecule has 144 valence electrons. The van der Waals surface area contributed by atoms with Crippen molar-refractivity contribution in [3.05, 3.63) is 42.1 Å². The summed E-state index contributed by atoms with van der Waals surface area (Å²) in [4.78, 5) is 22.9. The number of hydrogen-bond donors (Lipinski definition) is 2. The van der Waals surface area contributed by atoms with Gasteiger partial charge in [0.05, 0.1) is 5.52 Å². The lowest BCUT2D eigenvalue weighted by atomic mass is 10.1. The summed E-state index contributed by atoms with van der Waals surface area (Å²) in [6.45, 7) is 6.23. The number of para-hydroxylation sites is 1. The van der Waals surface area contributed by atoms with E-state index >= 15 is 0 Å². The van der Waals surface area contributed by atoms with Crippen LogP contribution in [-0.2, 0) is 11.2 Å². The largest absolute Gasteiger partial charge is 0.356 e. The van der Waals surface area contributed by atoms with E-state index in [-0.39, 0.29) is 17.9 Å². The van der Waals surface area contributed by atoms with Crippen molar-refractivity contribution >= 4 is 22.8 Å². The molecular weight excluding hydrogens is 338 g/mol. The molecule has 1 aliphatic rings. The summed E-state index contributed by atoms with van der Waals surface area (Å²) >= 11 is 0. The maximum atomic E-state index is 12.1. The summed E-state index contributed by atoms with van der Waals surface area (Å²) in [6, 6.07) is 10.6. The van der Waals surface area contributed by atoms with E-state index in [2.05, 4.69) is 44.9 Å². The number of nitrogens with zero attached hydrogens (tertiary/aromatic N) is 3. The van der Waals surface area contributed by atoms with E-state index in [4.69, 9.17) is 0 Å². The lowest BCUT2D eigenvalue weighted by molar-refractivity contribution is -0.133. The van der Waals surface area contributed by atoms with E-state index in [0.717, 1.165) is 44.0 Å². The Kier molecular flexibility index (Phi) is 6.27. The van der Waals surface area contributed by atoms with Crippen LogP contribution in [0.3, 0.4) is 0 Å². The summed E-state index contributed by atoms with van der Waals surface area (Å²) in [6.07, 6.45) is 3.66. The molecule has 1 atom stereocenters. The van der Waals surface area contributed by atoms with Gasteiger partial charge in [-0.2, -0.15) is 0 Å². The maximum absolute atomic E-state index is 12.1. The van der Waals surface area contributed by atoms with E-state index in [9.17, 15) is 4.79 Å². The number of nitrogens with one attached hydrogen (secondary N) is 2. The molecule has 0 radical (unpaired) electrons. The molecule has 1 amide bonds. The number of fused-ring (bicyclic) bond motifs is 1. The minimum atomic E-state index is 0.0514. The molecule has 1 aromatic carbocycles. The maximum Gasteiger partial charge on any atom is 0.225 e. The molecule has 3 rings (SSSR count). The number of rotatable bonds is 5. The number of likely N-dealkylation sites (tertiary alicyclic amines) is 1. The van der Waals surface area contributed by atoms with Crippen molar-refractivity contribution in [2.24, 2.45) is 10.9 Å². The van der Waals surface area contributed by atoms with Crippen LogP contribution in [0, 0.1) is 5.92 Å². The van der Waals surface area contributed by atoms with E-state index in [1.807, 2.05) is 31.0 Å². The molecule has 1 saturated heterocycles. The quantitative estimate of drug-likeness (QED) is 0.628. The van der Waals surface area contributed by atoms with E-state index in [1.54, 1.807) is 7.05 Å². The Bertz CT molecular complexity index is 812. The molecule has 2 heterocycles. The molecule has 0 bridgehead atoms. The minimum Gasteiger partial charge on any atom is -0.356 e. The fourth-order valence-corrected chi connectivity index (χ4v) is 3.52. The van der Waals surface area contributed by atoms with Crippen LogP contribution in [-0.4, -0.2) is 54.5 Å². The summed E-state index contributed by atoms with van der Waals surface area (Å²) in [5.41, 5.74) is 2.29. The topological polar surface area (TPSA) is 69.6 Å². The smallest absolute Gasteiger partial charge is 0.225 e. The zero-order valence-electron chi connectivity index (χ0n) is 16.4. The second-order valence-corrected chi connectivity index (χ2v) is 7.31. The Balaban J connectivity index is 1.51. The van der Waals surface area contributed by atoms with Gasteiger partial charge in [0.1, 0.15) is 0 Å². The SMILES string of the molecule is CN=C(NCCc1cccc2cccnc12)NC1CCN(C(=O)C(C)C)C1. The number of carbonyl (C=O) groups excluding carboxylic acids is 1. The van der Waals surface area contributed by atoms with E-state index in [1.165, 1.54) is 10.9 Å². The predicted molar refractivity (Wildman–Crippen MR) is 110 cm³/mol. The highest BCUT2D eigenvalue weighted by Gasteiger charge is 2.27. The van der Waals surface area contributed by atoms with Crippen molar-refractivity contribution in [2.45, 2.75) is 32.7 Å². The molecule has 0 saturated carbocycles. The van der Waals surface area contributed by atoms with Gasteiger partial charge < -0.3 is 15.5 Å². The number of guanidine groups is 1. The van der Waals surface area contributed by atoms with Crippen molar-refractivity contribution in [3.63, 3.8) is 0 Å². The van der Waals surface area contributed by atoms with Crippen molar-refractivity contribution in [1.29, 1.82) is 0 Å². The van der Waals surface area contributed by atoms with Gasteiger partial charge in [0.15, 0.2) is 5.96 Å². The first-order valence-electron chi connectivity index (χ1n) is 9.67. The molecule has 6 heteroatoms. The molecule has 2 aromatic rings. The van der Waals surface area contributed by atoms with Crippen LogP contribution in [0.25, 0.3) is 10.9 Å². The third kappa shape index (κ3) is 4.76. The molecule has 27 heavy (non-hydrogen) atoms. The van der Waals surface area contributed by atoms with Gasteiger partial charge in [-0.1, -0.05) is 38.1 Å². The van der Waals surface area contributed by atoms with Crippen LogP contribution in [0.4, 0.5) is 0 Å². The fourth-order valence-electron chi connectivity index (χ4n) is 3.52. The molecule has 1 fully saturated rings. The number of carbonyl (C=O) groups is 1. The highest BCUT2D eigenvalue weighted by Crippen LogP contribution is 2.16. The molecule has 1 aromatic heterocycles. The zero-order chi connectivity index (χ0) is 19.2. The summed E-state index contributed by atoms with van der Waals surface area (Å²) in [5, 5.41) is 7.99. The van der Waals surface area contributed by atoms with Crippen molar-refractivity contribution in [2.75, 3.05) is 26.7 Å². The van der Waals surface area contributed by atoms with Crippen molar-refractivity contribution < 1.29 is 4.79 Å². The highest BCUT2D eigenvalue weighted by molar-refractivity contribution is 5.82. The zero-order valence-corrected chi connectivity index (χ0v) is 16.4. The molecule has 0 aliphatic carbocycles. The van der Waals surface area contributed by atoms with Gasteiger partial charge >= 0.3 is 0 Å². The first-order valence-corrected chi connectivity index (χ1v) is 9.67. The van der Waals surface area contributed by atoms with Gasteiger partial charge in [0.2, 0.25) is 5.91 Å². The Morgan fingerprint density at radius 1 is 1.33 bits per heavy atom. The number of amides is 1. The Morgan fingerprint density at radius 2 is 2.15 bits per heavy atom. The first kappa shape index (κ1) is 19.1. The molecule has 1 aliphatic heterocycles. The predicted octanol–water partition coefficient (Wildman–Crippen LogP) is 2.20. The molecule has 1 unspecified atom stereocenters. The third-order valence-electron chi connectivity index (χ3n) is 4.96. The fraction of sp³-hybridized carbons (Fsp3) is 0.476. The Hall–Kier alpha value is -2.63. The summed E-state index contributed by atoms with van der Waals surface area (Å²) < 4.78 is 0. The lowest BCUT2D eigenvalue weighted by Gasteiger charge is -2.20. The van der Waals surface area contributed by atoms with Gasteiger partial charge in [-0.15, -0.1) is 0 Å². The molecule has 6 nitrogen and oxygen atoms in total. The number of aromatic nitrogens is 1.